The highest BCUT2D eigenvalue weighted by Crippen LogP contribution is 2.24. The third-order valence-corrected chi connectivity index (χ3v) is 5.05. The number of nitro groups is 1. The number of hydrogen-bond acceptors (Lipinski definition) is 6. The molecule has 160 valence electrons. The van der Waals surface area contributed by atoms with Crippen molar-refractivity contribution in [1.82, 2.24) is 9.55 Å². The fraction of sp³-hybridized carbons (Fsp3) is 0.0455. The van der Waals surface area contributed by atoms with Crippen LogP contribution in [-0.4, -0.2) is 20.4 Å². The molecule has 3 aromatic carbocycles. The number of ether oxygens (including phenoxy) is 1. The second kappa shape index (κ2) is 8.98. The van der Waals surface area contributed by atoms with E-state index in [0.29, 0.717) is 22.7 Å². The van der Waals surface area contributed by atoms with Gasteiger partial charge in [-0.05, 0) is 54.6 Å². The van der Waals surface area contributed by atoms with Crippen molar-refractivity contribution in [3.8, 4) is 11.5 Å². The first-order valence-corrected chi connectivity index (χ1v) is 10.2. The van der Waals surface area contributed by atoms with Gasteiger partial charge in [0.25, 0.3) is 11.2 Å². The van der Waals surface area contributed by atoms with E-state index in [2.05, 4.69) is 26.2 Å². The highest BCUT2D eigenvalue weighted by molar-refractivity contribution is 9.10. The summed E-state index contributed by atoms with van der Waals surface area (Å²) in [7, 11) is 0. The summed E-state index contributed by atoms with van der Waals surface area (Å²) in [5.41, 5.74) is 0.0883. The van der Waals surface area contributed by atoms with Gasteiger partial charge in [0.15, 0.2) is 0 Å². The lowest BCUT2D eigenvalue weighted by Crippen LogP contribution is -2.27. The molecule has 0 radical (unpaired) electrons. The molecule has 1 N–H and O–H groups in total. The molecule has 0 bridgehead atoms. The molecule has 4 rings (SSSR count). The summed E-state index contributed by atoms with van der Waals surface area (Å²) in [6, 6.07) is 18.0. The van der Waals surface area contributed by atoms with Gasteiger partial charge in [0, 0.05) is 22.3 Å². The molecule has 0 aliphatic rings. The Hall–Kier alpha value is -4.05. The predicted octanol–water partition coefficient (Wildman–Crippen LogP) is 4.50. The van der Waals surface area contributed by atoms with Crippen LogP contribution in [0.4, 0.5) is 11.4 Å². The topological polar surface area (TPSA) is 116 Å². The first-order valence-electron chi connectivity index (χ1n) is 9.36. The van der Waals surface area contributed by atoms with Crippen molar-refractivity contribution in [2.45, 2.75) is 6.54 Å². The van der Waals surface area contributed by atoms with Gasteiger partial charge in [-0.15, -0.1) is 0 Å². The van der Waals surface area contributed by atoms with Crippen LogP contribution in [0.25, 0.3) is 10.9 Å². The number of non-ortho nitro benzene ring substituents is 1. The Morgan fingerprint density at radius 2 is 1.72 bits per heavy atom. The molecule has 4 aromatic rings. The molecule has 0 aliphatic heterocycles. The van der Waals surface area contributed by atoms with Crippen LogP contribution in [0.1, 0.15) is 0 Å². The van der Waals surface area contributed by atoms with E-state index in [1.165, 1.54) is 18.5 Å². The van der Waals surface area contributed by atoms with E-state index in [0.717, 1.165) is 15.1 Å². The molecule has 0 fully saturated rings. The molecule has 0 saturated carbocycles. The van der Waals surface area contributed by atoms with Crippen molar-refractivity contribution >= 4 is 44.1 Å². The van der Waals surface area contributed by atoms with Crippen LogP contribution in [0.2, 0.25) is 0 Å². The van der Waals surface area contributed by atoms with E-state index in [-0.39, 0.29) is 17.6 Å². The van der Waals surface area contributed by atoms with Gasteiger partial charge in [0.1, 0.15) is 18.0 Å². The molecule has 9 nitrogen and oxygen atoms in total. The van der Waals surface area contributed by atoms with Crippen molar-refractivity contribution in [2.24, 2.45) is 0 Å². The zero-order chi connectivity index (χ0) is 22.7. The van der Waals surface area contributed by atoms with Gasteiger partial charge in [-0.3, -0.25) is 24.3 Å². The molecular formula is C22H15BrN4O5. The molecule has 0 atom stereocenters. The number of nitro benzene ring substituents is 1. The van der Waals surface area contributed by atoms with Crippen molar-refractivity contribution in [2.75, 3.05) is 5.32 Å². The van der Waals surface area contributed by atoms with Crippen LogP contribution in [0.15, 0.2) is 82.3 Å². The lowest BCUT2D eigenvalue weighted by atomic mass is 10.2. The molecule has 32 heavy (non-hydrogen) atoms. The molecule has 1 aromatic heterocycles. The highest BCUT2D eigenvalue weighted by Gasteiger charge is 2.13. The van der Waals surface area contributed by atoms with E-state index in [1.807, 2.05) is 24.3 Å². The second-order valence-electron chi connectivity index (χ2n) is 6.76. The number of carbonyl (C=O) groups is 1. The van der Waals surface area contributed by atoms with Crippen molar-refractivity contribution in [3.63, 3.8) is 0 Å². The third kappa shape index (κ3) is 4.81. The van der Waals surface area contributed by atoms with Gasteiger partial charge in [-0.1, -0.05) is 15.9 Å². The number of anilines is 1. The van der Waals surface area contributed by atoms with Gasteiger partial charge in [-0.2, -0.15) is 0 Å². The Morgan fingerprint density at radius 1 is 1.06 bits per heavy atom. The maximum Gasteiger partial charge on any atom is 0.270 e. The number of benzene rings is 3. The smallest absolute Gasteiger partial charge is 0.270 e. The largest absolute Gasteiger partial charge is 0.457 e. The van der Waals surface area contributed by atoms with E-state index in [4.69, 9.17) is 4.74 Å². The predicted molar refractivity (Wildman–Crippen MR) is 122 cm³/mol. The maximum atomic E-state index is 12.6. The number of halogens is 1. The Bertz CT molecular complexity index is 1370. The van der Waals surface area contributed by atoms with E-state index < -0.39 is 16.4 Å². The summed E-state index contributed by atoms with van der Waals surface area (Å²) in [5, 5.41) is 13.7. The van der Waals surface area contributed by atoms with Crippen LogP contribution >= 0.6 is 15.9 Å². The summed E-state index contributed by atoms with van der Waals surface area (Å²) in [6.45, 7) is -0.290. The third-order valence-electron chi connectivity index (χ3n) is 4.52. The zero-order valence-corrected chi connectivity index (χ0v) is 18.0. The number of nitrogens with one attached hydrogen (secondary N) is 1. The van der Waals surface area contributed by atoms with Crippen LogP contribution < -0.4 is 15.6 Å². The first kappa shape index (κ1) is 21.2. The van der Waals surface area contributed by atoms with Gasteiger partial charge in [0.2, 0.25) is 5.91 Å². The Morgan fingerprint density at radius 3 is 2.38 bits per heavy atom. The number of hydrogen-bond donors (Lipinski definition) is 1. The average Bonchev–Trinajstić information content (AvgIpc) is 2.78. The Kier molecular flexibility index (Phi) is 5.95. The normalized spacial score (nSPS) is 10.7. The summed E-state index contributed by atoms with van der Waals surface area (Å²) in [6.07, 6.45) is 1.24. The minimum absolute atomic E-state index is 0.0731. The molecule has 1 heterocycles. The summed E-state index contributed by atoms with van der Waals surface area (Å²) in [4.78, 5) is 39.5. The molecule has 0 saturated heterocycles. The monoisotopic (exact) mass is 494 g/mol. The van der Waals surface area contributed by atoms with Gasteiger partial charge in [0.05, 0.1) is 22.2 Å². The van der Waals surface area contributed by atoms with Gasteiger partial charge >= 0.3 is 0 Å². The van der Waals surface area contributed by atoms with Crippen LogP contribution in [0.5, 0.6) is 11.5 Å². The Balaban J connectivity index is 1.44. The molecule has 0 spiro atoms. The summed E-state index contributed by atoms with van der Waals surface area (Å²) >= 11 is 3.36. The average molecular weight is 495 g/mol. The number of aromatic nitrogens is 2. The zero-order valence-electron chi connectivity index (χ0n) is 16.4. The SMILES string of the molecule is O=C(Cn1cnc2ccc([N+](=O)[O-])cc2c1=O)Nc1ccc(Oc2ccc(Br)cc2)cc1. The molecule has 0 aliphatic carbocycles. The molecule has 1 amide bonds. The minimum Gasteiger partial charge on any atom is -0.457 e. The quantitative estimate of drug-likeness (QED) is 0.311. The number of carbonyl (C=O) groups excluding carboxylic acids is 1. The highest BCUT2D eigenvalue weighted by atomic mass is 79.9. The standard InChI is InChI=1S/C22H15BrN4O5/c23-14-1-6-17(7-2-14)32-18-8-3-15(4-9-18)25-21(28)12-26-13-24-20-10-5-16(27(30)31)11-19(20)22(26)29/h1-11,13H,12H2,(H,25,28). The van der Waals surface area contributed by atoms with E-state index >= 15 is 0 Å². The van der Waals surface area contributed by atoms with E-state index in [9.17, 15) is 19.7 Å². The fourth-order valence-electron chi connectivity index (χ4n) is 2.97. The lowest BCUT2D eigenvalue weighted by molar-refractivity contribution is -0.384. The number of rotatable bonds is 6. The van der Waals surface area contributed by atoms with Gasteiger partial charge < -0.3 is 10.1 Å². The second-order valence-corrected chi connectivity index (χ2v) is 7.68. The summed E-state index contributed by atoms with van der Waals surface area (Å²) in [5.74, 6) is 0.829. The van der Waals surface area contributed by atoms with Crippen molar-refractivity contribution < 1.29 is 14.5 Å². The fourth-order valence-corrected chi connectivity index (χ4v) is 3.24. The van der Waals surface area contributed by atoms with Crippen molar-refractivity contribution in [1.29, 1.82) is 0 Å². The van der Waals surface area contributed by atoms with Crippen LogP contribution in [-0.2, 0) is 11.3 Å². The number of nitrogens with zero attached hydrogens (tertiary/aromatic N) is 3. The molecule has 10 heteroatoms. The van der Waals surface area contributed by atoms with Gasteiger partial charge in [-0.25, -0.2) is 4.98 Å². The number of fused-ring (bicyclic) bond motifs is 1. The number of amides is 1. The minimum atomic E-state index is -0.590. The van der Waals surface area contributed by atoms with Crippen LogP contribution in [0, 0.1) is 10.1 Å². The Labute approximate surface area is 189 Å². The lowest BCUT2D eigenvalue weighted by Gasteiger charge is -2.09. The van der Waals surface area contributed by atoms with Crippen molar-refractivity contribution in [3.05, 3.63) is 98.0 Å². The van der Waals surface area contributed by atoms with E-state index in [1.54, 1.807) is 24.3 Å². The first-order chi connectivity index (χ1) is 15.4. The maximum absolute atomic E-state index is 12.6. The summed E-state index contributed by atoms with van der Waals surface area (Å²) < 4.78 is 7.79. The molecule has 0 unspecified atom stereocenters. The van der Waals surface area contributed by atoms with Crippen LogP contribution in [0.3, 0.4) is 0 Å². The molecular weight excluding hydrogens is 480 g/mol.